The number of rotatable bonds is 4. The summed E-state index contributed by atoms with van der Waals surface area (Å²) in [6, 6.07) is 14.2. The van der Waals surface area contributed by atoms with Crippen LogP contribution in [0.4, 0.5) is 16.2 Å². The van der Waals surface area contributed by atoms with Gasteiger partial charge in [0.25, 0.3) is 0 Å². The van der Waals surface area contributed by atoms with Crippen LogP contribution >= 0.6 is 11.6 Å². The number of carbonyl (C=O) groups excluding carboxylic acids is 2. The number of urea groups is 1. The van der Waals surface area contributed by atoms with Gasteiger partial charge >= 0.3 is 6.03 Å². The lowest BCUT2D eigenvalue weighted by molar-refractivity contribution is -0.121. The smallest absolute Gasteiger partial charge is 0.321 e. The van der Waals surface area contributed by atoms with Crippen molar-refractivity contribution in [2.45, 2.75) is 12.8 Å². The predicted molar refractivity (Wildman–Crippen MR) is 106 cm³/mol. The molecule has 6 nitrogen and oxygen atoms in total. The molecule has 1 heterocycles. The van der Waals surface area contributed by atoms with E-state index in [1.807, 2.05) is 30.3 Å². The zero-order valence-electron chi connectivity index (χ0n) is 15.1. The van der Waals surface area contributed by atoms with Gasteiger partial charge in [-0.3, -0.25) is 4.79 Å². The highest BCUT2D eigenvalue weighted by atomic mass is 35.5. The number of likely N-dealkylation sites (tertiary alicyclic amines) is 1. The summed E-state index contributed by atoms with van der Waals surface area (Å²) in [6.07, 6.45) is 1.52. The van der Waals surface area contributed by atoms with Gasteiger partial charge in [0.1, 0.15) is 5.75 Å². The third-order valence-corrected chi connectivity index (χ3v) is 4.82. The van der Waals surface area contributed by atoms with Gasteiger partial charge in [-0.15, -0.1) is 0 Å². The second-order valence-corrected chi connectivity index (χ2v) is 6.83. The minimum absolute atomic E-state index is 0.117. The van der Waals surface area contributed by atoms with E-state index in [4.69, 9.17) is 16.3 Å². The quantitative estimate of drug-likeness (QED) is 0.824. The van der Waals surface area contributed by atoms with Crippen molar-refractivity contribution in [2.24, 2.45) is 5.92 Å². The molecule has 1 aliphatic heterocycles. The maximum Gasteiger partial charge on any atom is 0.321 e. The number of anilines is 2. The fraction of sp³-hybridized carbons (Fsp3) is 0.300. The third-order valence-electron chi connectivity index (χ3n) is 4.52. The number of benzene rings is 2. The number of piperidine rings is 1. The number of halogens is 1. The third kappa shape index (κ3) is 4.92. The Morgan fingerprint density at radius 2 is 1.89 bits per heavy atom. The fourth-order valence-corrected chi connectivity index (χ4v) is 3.35. The van der Waals surface area contributed by atoms with Crippen molar-refractivity contribution in [1.82, 2.24) is 4.90 Å². The van der Waals surface area contributed by atoms with Gasteiger partial charge in [-0.2, -0.15) is 0 Å². The van der Waals surface area contributed by atoms with E-state index in [1.54, 1.807) is 23.1 Å². The topological polar surface area (TPSA) is 70.7 Å². The maximum absolute atomic E-state index is 12.6. The van der Waals surface area contributed by atoms with Crippen molar-refractivity contribution in [1.29, 1.82) is 0 Å². The van der Waals surface area contributed by atoms with E-state index in [0.717, 1.165) is 18.5 Å². The molecule has 0 radical (unpaired) electrons. The first kappa shape index (κ1) is 19.0. The Balaban J connectivity index is 1.59. The second kappa shape index (κ2) is 8.77. The van der Waals surface area contributed by atoms with Crippen LogP contribution < -0.4 is 15.4 Å². The first-order valence-corrected chi connectivity index (χ1v) is 9.20. The SMILES string of the molecule is COc1ccc(NC(=O)C2CCCN(C(=O)Nc3ccccc3)C2)cc1Cl. The van der Waals surface area contributed by atoms with Gasteiger partial charge in [0, 0.05) is 24.5 Å². The molecule has 1 aliphatic rings. The first-order valence-electron chi connectivity index (χ1n) is 8.82. The number of para-hydroxylation sites is 1. The number of carbonyl (C=O) groups is 2. The monoisotopic (exact) mass is 387 g/mol. The number of methoxy groups -OCH3 is 1. The first-order chi connectivity index (χ1) is 13.1. The molecule has 0 aromatic heterocycles. The van der Waals surface area contributed by atoms with Crippen LogP contribution in [-0.4, -0.2) is 37.0 Å². The summed E-state index contributed by atoms with van der Waals surface area (Å²) in [6.45, 7) is 1.02. The van der Waals surface area contributed by atoms with Crippen LogP contribution in [0.5, 0.6) is 5.75 Å². The zero-order chi connectivity index (χ0) is 19.2. The molecule has 7 heteroatoms. The molecule has 1 unspecified atom stereocenters. The zero-order valence-corrected chi connectivity index (χ0v) is 15.8. The average Bonchev–Trinajstić information content (AvgIpc) is 2.69. The Morgan fingerprint density at radius 1 is 1.11 bits per heavy atom. The Labute approximate surface area is 163 Å². The summed E-state index contributed by atoms with van der Waals surface area (Å²) < 4.78 is 5.11. The van der Waals surface area contributed by atoms with Crippen molar-refractivity contribution in [3.05, 3.63) is 53.6 Å². The lowest BCUT2D eigenvalue weighted by Crippen LogP contribution is -2.45. The largest absolute Gasteiger partial charge is 0.495 e. The standard InChI is InChI=1S/C20H22ClN3O3/c1-27-18-10-9-16(12-17(18)21)22-19(25)14-6-5-11-24(13-14)20(26)23-15-7-3-2-4-8-15/h2-4,7-10,12,14H,5-6,11,13H2,1H3,(H,22,25)(H,23,26). The number of hydrogen-bond donors (Lipinski definition) is 2. The van der Waals surface area contributed by atoms with Crippen LogP contribution in [0.25, 0.3) is 0 Å². The predicted octanol–water partition coefficient (Wildman–Crippen LogP) is 4.23. The molecule has 2 aromatic carbocycles. The molecule has 2 aromatic rings. The highest BCUT2D eigenvalue weighted by molar-refractivity contribution is 6.32. The molecule has 0 bridgehead atoms. The number of hydrogen-bond acceptors (Lipinski definition) is 3. The lowest BCUT2D eigenvalue weighted by Gasteiger charge is -2.32. The second-order valence-electron chi connectivity index (χ2n) is 6.42. The molecular weight excluding hydrogens is 366 g/mol. The van der Waals surface area contributed by atoms with E-state index >= 15 is 0 Å². The van der Waals surface area contributed by atoms with E-state index in [1.165, 1.54) is 7.11 Å². The van der Waals surface area contributed by atoms with Gasteiger partial charge < -0.3 is 20.3 Å². The molecule has 0 saturated carbocycles. The molecule has 1 fully saturated rings. The van der Waals surface area contributed by atoms with Gasteiger partial charge in [0.15, 0.2) is 0 Å². The van der Waals surface area contributed by atoms with Gasteiger partial charge in [0.2, 0.25) is 5.91 Å². The fourth-order valence-electron chi connectivity index (χ4n) is 3.09. The van der Waals surface area contributed by atoms with Crippen LogP contribution in [0.2, 0.25) is 5.02 Å². The van der Waals surface area contributed by atoms with Crippen molar-refractivity contribution in [3.63, 3.8) is 0 Å². The van der Waals surface area contributed by atoms with E-state index < -0.39 is 0 Å². The molecule has 0 spiro atoms. The summed E-state index contributed by atoms with van der Waals surface area (Å²) in [7, 11) is 1.54. The highest BCUT2D eigenvalue weighted by Crippen LogP contribution is 2.28. The Hall–Kier alpha value is -2.73. The minimum atomic E-state index is -0.263. The number of nitrogens with zero attached hydrogens (tertiary/aromatic N) is 1. The maximum atomic E-state index is 12.6. The van der Waals surface area contributed by atoms with E-state index in [9.17, 15) is 9.59 Å². The van der Waals surface area contributed by atoms with Gasteiger partial charge in [-0.05, 0) is 43.2 Å². The summed E-state index contributed by atoms with van der Waals surface area (Å²) in [5.74, 6) is 0.172. The number of nitrogens with one attached hydrogen (secondary N) is 2. The Kier molecular flexibility index (Phi) is 6.19. The molecular formula is C20H22ClN3O3. The highest BCUT2D eigenvalue weighted by Gasteiger charge is 2.28. The van der Waals surface area contributed by atoms with Crippen LogP contribution in [-0.2, 0) is 4.79 Å². The summed E-state index contributed by atoms with van der Waals surface area (Å²) in [5, 5.41) is 6.17. The van der Waals surface area contributed by atoms with E-state index in [2.05, 4.69) is 10.6 Å². The normalized spacial score (nSPS) is 16.5. The van der Waals surface area contributed by atoms with Crippen molar-refractivity contribution in [2.75, 3.05) is 30.8 Å². The Bertz CT molecular complexity index is 813. The molecule has 1 atom stereocenters. The van der Waals surface area contributed by atoms with E-state index in [0.29, 0.717) is 29.5 Å². The summed E-state index contributed by atoms with van der Waals surface area (Å²) in [5.41, 5.74) is 1.35. The molecule has 2 N–H and O–H groups in total. The van der Waals surface area contributed by atoms with Crippen molar-refractivity contribution in [3.8, 4) is 5.75 Å². The number of amides is 3. The van der Waals surface area contributed by atoms with Crippen molar-refractivity contribution < 1.29 is 14.3 Å². The summed E-state index contributed by atoms with van der Waals surface area (Å²) in [4.78, 5) is 26.8. The molecule has 27 heavy (non-hydrogen) atoms. The van der Waals surface area contributed by atoms with Gasteiger partial charge in [-0.25, -0.2) is 4.79 Å². The van der Waals surface area contributed by atoms with Gasteiger partial charge in [0.05, 0.1) is 18.1 Å². The molecule has 3 rings (SSSR count). The number of ether oxygens (including phenoxy) is 1. The average molecular weight is 388 g/mol. The lowest BCUT2D eigenvalue weighted by atomic mass is 9.97. The molecule has 1 saturated heterocycles. The molecule has 142 valence electrons. The molecule has 3 amide bonds. The summed E-state index contributed by atoms with van der Waals surface area (Å²) >= 11 is 6.10. The van der Waals surface area contributed by atoms with Crippen LogP contribution in [0.15, 0.2) is 48.5 Å². The van der Waals surface area contributed by atoms with Crippen LogP contribution in [0, 0.1) is 5.92 Å². The minimum Gasteiger partial charge on any atom is -0.495 e. The molecule has 0 aliphatic carbocycles. The Morgan fingerprint density at radius 3 is 2.59 bits per heavy atom. The van der Waals surface area contributed by atoms with E-state index in [-0.39, 0.29) is 17.9 Å². The van der Waals surface area contributed by atoms with Gasteiger partial charge in [-0.1, -0.05) is 29.8 Å². The van der Waals surface area contributed by atoms with Crippen LogP contribution in [0.3, 0.4) is 0 Å². The van der Waals surface area contributed by atoms with Crippen LogP contribution in [0.1, 0.15) is 12.8 Å². The van der Waals surface area contributed by atoms with Crippen molar-refractivity contribution >= 4 is 34.9 Å².